The summed E-state index contributed by atoms with van der Waals surface area (Å²) in [6.45, 7) is 21.4. The lowest BCUT2D eigenvalue weighted by molar-refractivity contribution is -0.385. The number of nitrogens with zero attached hydrogens (tertiary/aromatic N) is 3. The van der Waals surface area contributed by atoms with Crippen LogP contribution < -0.4 is 16.3 Å². The first-order chi connectivity index (χ1) is 22.8. The minimum absolute atomic E-state index is 0.00366. The Morgan fingerprint density at radius 3 is 2.30 bits per heavy atom. The normalized spacial score (nSPS) is 18.7. The summed E-state index contributed by atoms with van der Waals surface area (Å²) in [5, 5.41) is 16.3. The molecule has 17 heteroatoms. The van der Waals surface area contributed by atoms with Crippen molar-refractivity contribution in [3.05, 3.63) is 62.2 Å². The van der Waals surface area contributed by atoms with Gasteiger partial charge in [0.05, 0.1) is 24.2 Å². The molecule has 276 valence electrons. The van der Waals surface area contributed by atoms with Crippen LogP contribution >= 0.6 is 0 Å². The van der Waals surface area contributed by atoms with Crippen molar-refractivity contribution in [2.75, 3.05) is 18.5 Å². The number of aromatic nitrogens is 2. The maximum atomic E-state index is 13.3. The number of nitro groups is 1. The van der Waals surface area contributed by atoms with Gasteiger partial charge in [0.25, 0.3) is 5.69 Å². The highest BCUT2D eigenvalue weighted by Crippen LogP contribution is 2.42. The molecule has 0 saturated carbocycles. The van der Waals surface area contributed by atoms with Crippen LogP contribution in [0.1, 0.15) is 65.3 Å². The van der Waals surface area contributed by atoms with Gasteiger partial charge in [0.15, 0.2) is 16.6 Å². The van der Waals surface area contributed by atoms with Gasteiger partial charge in [-0.3, -0.25) is 19.5 Å². The molecule has 12 nitrogen and oxygen atoms in total. The van der Waals surface area contributed by atoms with Gasteiger partial charge in [0, 0.05) is 36.4 Å². The lowest BCUT2D eigenvalue weighted by Gasteiger charge is -2.40. The monoisotopic (exact) mass is 739 g/mol. The number of alkyl halides is 3. The van der Waals surface area contributed by atoms with E-state index in [-0.39, 0.29) is 51.5 Å². The SMILES string of the molecule is CC(C)(C)[Si](C)(C)OC[C@H]1O[C@@H](n2ccc(NCc3ccc(C#CCNC(=O)C(F)(F)F)cc3[N+](=O)[O-])nc2=O)C[C@@H]1O[Si](C)(C)C(C)(C)C. The molecule has 0 bridgehead atoms. The summed E-state index contributed by atoms with van der Waals surface area (Å²) in [5.41, 5.74) is -0.445. The number of nitro benzene ring substituents is 1. The standard InChI is InChI=1S/C33H48F3N5O7Si2/c1-31(2,3)49(7,8)46-21-26-25(48-50(9,10)32(4,5)6)19-28(47-26)40-17-15-27(39-30(40)43)38-20-23-14-13-22(18-24(23)41(44)45)12-11-16-37-29(42)33(34,35)36/h13-15,17-18,25-26,28H,16,19-21H2,1-10H3,(H,37,42)(H,38,39,43)/t25-,26+,28+/m0/s1. The van der Waals surface area contributed by atoms with E-state index in [9.17, 15) is 32.9 Å². The second-order valence-electron chi connectivity index (χ2n) is 15.3. The van der Waals surface area contributed by atoms with Gasteiger partial charge < -0.3 is 24.2 Å². The Hall–Kier alpha value is -3.57. The van der Waals surface area contributed by atoms with Crippen LogP contribution in [0.15, 0.2) is 35.3 Å². The van der Waals surface area contributed by atoms with Crippen LogP contribution in [0.3, 0.4) is 0 Å². The van der Waals surface area contributed by atoms with Gasteiger partial charge in [-0.05, 0) is 54.5 Å². The average molecular weight is 740 g/mol. The Kier molecular flexibility index (Phi) is 12.5. The highest BCUT2D eigenvalue weighted by Gasteiger charge is 2.47. The molecule has 0 spiro atoms. The molecule has 1 fully saturated rings. The summed E-state index contributed by atoms with van der Waals surface area (Å²) in [4.78, 5) is 39.4. The summed E-state index contributed by atoms with van der Waals surface area (Å²) in [5.74, 6) is 2.89. The van der Waals surface area contributed by atoms with Gasteiger partial charge in [-0.2, -0.15) is 18.2 Å². The number of ether oxygens (including phenoxy) is 1. The molecule has 1 saturated heterocycles. The predicted octanol–water partition coefficient (Wildman–Crippen LogP) is 6.49. The van der Waals surface area contributed by atoms with E-state index in [2.05, 4.69) is 89.9 Å². The third-order valence-corrected chi connectivity index (χ3v) is 18.6. The van der Waals surface area contributed by atoms with Crippen molar-refractivity contribution in [3.63, 3.8) is 0 Å². The zero-order valence-electron chi connectivity index (χ0n) is 30.3. The van der Waals surface area contributed by atoms with Gasteiger partial charge in [-0.1, -0.05) is 53.4 Å². The Morgan fingerprint density at radius 1 is 1.10 bits per heavy atom. The van der Waals surface area contributed by atoms with Gasteiger partial charge in [0.1, 0.15) is 18.1 Å². The highest BCUT2D eigenvalue weighted by atomic mass is 28.4. The molecule has 0 aliphatic carbocycles. The molecule has 2 heterocycles. The first kappa shape index (κ1) is 40.9. The maximum absolute atomic E-state index is 13.3. The predicted molar refractivity (Wildman–Crippen MR) is 189 cm³/mol. The van der Waals surface area contributed by atoms with Crippen molar-refractivity contribution in [3.8, 4) is 11.8 Å². The molecule has 3 rings (SSSR count). The molecule has 0 radical (unpaired) electrons. The van der Waals surface area contributed by atoms with Gasteiger partial charge >= 0.3 is 17.8 Å². The van der Waals surface area contributed by atoms with Crippen molar-refractivity contribution in [2.24, 2.45) is 0 Å². The van der Waals surface area contributed by atoms with E-state index in [4.69, 9.17) is 13.6 Å². The summed E-state index contributed by atoms with van der Waals surface area (Å²) >= 11 is 0. The van der Waals surface area contributed by atoms with Gasteiger partial charge in [-0.15, -0.1) is 0 Å². The largest absolute Gasteiger partial charge is 0.471 e. The molecule has 2 N–H and O–H groups in total. The molecule has 2 aromatic rings. The van der Waals surface area contributed by atoms with E-state index >= 15 is 0 Å². The number of nitrogens with one attached hydrogen (secondary N) is 2. The van der Waals surface area contributed by atoms with Crippen molar-refractivity contribution >= 4 is 34.0 Å². The summed E-state index contributed by atoms with van der Waals surface area (Å²) < 4.78 is 58.1. The summed E-state index contributed by atoms with van der Waals surface area (Å²) in [6, 6.07) is 5.64. The number of benzene rings is 1. The quantitative estimate of drug-likeness (QED) is 0.114. The number of amides is 1. The molecular weight excluding hydrogens is 692 g/mol. The van der Waals surface area contributed by atoms with Gasteiger partial charge in [0.2, 0.25) is 0 Å². The average Bonchev–Trinajstić information content (AvgIpc) is 3.37. The molecule has 1 aliphatic heterocycles. The van der Waals surface area contributed by atoms with E-state index in [1.165, 1.54) is 22.8 Å². The van der Waals surface area contributed by atoms with E-state index in [0.717, 1.165) is 0 Å². The fourth-order valence-electron chi connectivity index (χ4n) is 4.46. The summed E-state index contributed by atoms with van der Waals surface area (Å²) in [7, 11) is -4.30. The topological polar surface area (TPSA) is 147 Å². The van der Waals surface area contributed by atoms with Crippen LogP contribution in [0.4, 0.5) is 24.7 Å². The molecule has 1 amide bonds. The molecule has 3 atom stereocenters. The third kappa shape index (κ3) is 10.5. The Bertz CT molecular complexity index is 1670. The van der Waals surface area contributed by atoms with E-state index in [1.807, 2.05) is 0 Å². The molecule has 1 aliphatic rings. The van der Waals surface area contributed by atoms with Crippen LogP contribution in [0.25, 0.3) is 0 Å². The minimum atomic E-state index is -5.04. The molecular formula is C33H48F3N5O7Si2. The summed E-state index contributed by atoms with van der Waals surface area (Å²) in [6.07, 6.45) is -4.35. The highest BCUT2D eigenvalue weighted by molar-refractivity contribution is 6.74. The fraction of sp³-hybridized carbons (Fsp3) is 0.606. The lowest BCUT2D eigenvalue weighted by Crippen LogP contribution is -2.48. The molecule has 1 aromatic heterocycles. The van der Waals surface area contributed by atoms with Crippen molar-refractivity contribution in [2.45, 2.75) is 115 Å². The van der Waals surface area contributed by atoms with Gasteiger partial charge in [-0.25, -0.2) is 4.79 Å². The van der Waals surface area contributed by atoms with Crippen LogP contribution in [0, 0.1) is 22.0 Å². The Labute approximate surface area is 292 Å². The number of anilines is 1. The molecule has 0 unspecified atom stereocenters. The smallest absolute Gasteiger partial charge is 0.414 e. The zero-order valence-corrected chi connectivity index (χ0v) is 32.3. The molecule has 1 aromatic carbocycles. The van der Waals surface area contributed by atoms with E-state index in [1.54, 1.807) is 17.6 Å². The Morgan fingerprint density at radius 2 is 1.74 bits per heavy atom. The van der Waals surface area contributed by atoms with Crippen LogP contribution in [-0.2, 0) is 24.9 Å². The number of carbonyl (C=O) groups is 1. The van der Waals surface area contributed by atoms with Crippen molar-refractivity contribution in [1.29, 1.82) is 0 Å². The van der Waals surface area contributed by atoms with Crippen molar-refractivity contribution in [1.82, 2.24) is 14.9 Å². The number of hydrogen-bond donors (Lipinski definition) is 2. The number of hydrogen-bond acceptors (Lipinski definition) is 9. The van der Waals surface area contributed by atoms with Crippen molar-refractivity contribution < 1.29 is 36.5 Å². The van der Waals surface area contributed by atoms with E-state index in [0.29, 0.717) is 13.0 Å². The number of carbonyl (C=O) groups excluding carboxylic acids is 1. The third-order valence-electron chi connectivity index (χ3n) is 9.56. The fourth-order valence-corrected chi connectivity index (χ4v) is 6.83. The maximum Gasteiger partial charge on any atom is 0.471 e. The van der Waals surface area contributed by atoms with Crippen LogP contribution in [-0.4, -0.2) is 68.6 Å². The first-order valence-corrected chi connectivity index (χ1v) is 22.1. The molecule has 50 heavy (non-hydrogen) atoms. The minimum Gasteiger partial charge on any atom is -0.414 e. The van der Waals surface area contributed by atoms with E-state index < -0.39 is 52.1 Å². The number of halogens is 3. The van der Waals surface area contributed by atoms with Crippen LogP contribution in [0.5, 0.6) is 0 Å². The zero-order chi connectivity index (χ0) is 37.9. The van der Waals surface area contributed by atoms with Crippen LogP contribution in [0.2, 0.25) is 36.3 Å². The second-order valence-corrected chi connectivity index (χ2v) is 24.9. The Balaban J connectivity index is 1.75. The second kappa shape index (κ2) is 15.4. The lowest BCUT2D eigenvalue weighted by atomic mass is 10.1. The first-order valence-electron chi connectivity index (χ1n) is 16.2. The number of rotatable bonds is 11.